The fraction of sp³-hybridized carbons (Fsp3) is 0.739. The molecule has 7 nitrogen and oxygen atoms in total. The van der Waals surface area contributed by atoms with E-state index in [-0.39, 0.29) is 42.6 Å². The Morgan fingerprint density at radius 1 is 1.10 bits per heavy atom. The van der Waals surface area contributed by atoms with E-state index < -0.39 is 0 Å². The van der Waals surface area contributed by atoms with Gasteiger partial charge in [-0.25, -0.2) is 4.98 Å². The second kappa shape index (κ2) is 10.1. The highest BCUT2D eigenvalue weighted by molar-refractivity contribution is 7.13. The summed E-state index contributed by atoms with van der Waals surface area (Å²) in [7, 11) is 0. The lowest BCUT2D eigenvalue weighted by molar-refractivity contribution is -0.139. The van der Waals surface area contributed by atoms with Gasteiger partial charge in [0.25, 0.3) is 0 Å². The highest BCUT2D eigenvalue weighted by Crippen LogP contribution is 2.32. The number of thiazole rings is 1. The summed E-state index contributed by atoms with van der Waals surface area (Å²) >= 11 is 1.34. The van der Waals surface area contributed by atoms with Crippen LogP contribution in [0.5, 0.6) is 0 Å². The SMILES string of the molecule is CC1CCN(C(=O)Cc2csc(NC(=O)CN(C(=O)C3CCCCC3)C3CC3)n2)CC1. The van der Waals surface area contributed by atoms with Crippen molar-refractivity contribution >= 4 is 34.2 Å². The molecule has 31 heavy (non-hydrogen) atoms. The van der Waals surface area contributed by atoms with Gasteiger partial charge in [-0.15, -0.1) is 11.3 Å². The van der Waals surface area contributed by atoms with E-state index in [0.29, 0.717) is 16.7 Å². The van der Waals surface area contributed by atoms with E-state index in [9.17, 15) is 14.4 Å². The number of piperidine rings is 1. The number of anilines is 1. The molecule has 0 unspecified atom stereocenters. The molecule has 1 saturated heterocycles. The first kappa shape index (κ1) is 22.2. The smallest absolute Gasteiger partial charge is 0.245 e. The Balaban J connectivity index is 1.28. The number of likely N-dealkylation sites (tertiary alicyclic amines) is 1. The van der Waals surface area contributed by atoms with Gasteiger partial charge in [0.15, 0.2) is 5.13 Å². The number of carbonyl (C=O) groups excluding carboxylic acids is 3. The van der Waals surface area contributed by atoms with Crippen LogP contribution in [-0.4, -0.2) is 58.2 Å². The number of nitrogens with one attached hydrogen (secondary N) is 1. The van der Waals surface area contributed by atoms with Gasteiger partial charge < -0.3 is 15.1 Å². The van der Waals surface area contributed by atoms with Crippen LogP contribution >= 0.6 is 11.3 Å². The molecule has 0 atom stereocenters. The third kappa shape index (κ3) is 6.05. The molecule has 1 aromatic rings. The number of hydrogen-bond acceptors (Lipinski definition) is 5. The zero-order chi connectivity index (χ0) is 21.8. The quantitative estimate of drug-likeness (QED) is 0.695. The van der Waals surface area contributed by atoms with E-state index in [1.165, 1.54) is 17.8 Å². The Kier molecular flexibility index (Phi) is 7.25. The second-order valence-corrected chi connectivity index (χ2v) is 10.3. The van der Waals surface area contributed by atoms with Crippen molar-refractivity contribution < 1.29 is 14.4 Å². The third-order valence-corrected chi connectivity index (χ3v) is 7.61. The summed E-state index contributed by atoms with van der Waals surface area (Å²) in [6, 6.07) is 0.219. The number of hydrogen-bond donors (Lipinski definition) is 1. The summed E-state index contributed by atoms with van der Waals surface area (Å²) < 4.78 is 0. The zero-order valence-electron chi connectivity index (χ0n) is 18.5. The Morgan fingerprint density at radius 2 is 1.81 bits per heavy atom. The van der Waals surface area contributed by atoms with Gasteiger partial charge in [-0.2, -0.15) is 0 Å². The first-order valence-electron chi connectivity index (χ1n) is 11.8. The molecule has 0 spiro atoms. The molecule has 3 amide bonds. The van der Waals surface area contributed by atoms with Gasteiger partial charge >= 0.3 is 0 Å². The van der Waals surface area contributed by atoms with E-state index in [0.717, 1.165) is 64.5 Å². The van der Waals surface area contributed by atoms with Gasteiger partial charge in [-0.1, -0.05) is 26.2 Å². The van der Waals surface area contributed by atoms with Crippen molar-refractivity contribution in [3.05, 3.63) is 11.1 Å². The van der Waals surface area contributed by atoms with Gasteiger partial charge in [-0.3, -0.25) is 14.4 Å². The fourth-order valence-electron chi connectivity index (χ4n) is 4.64. The van der Waals surface area contributed by atoms with Crippen LogP contribution in [0.4, 0.5) is 5.13 Å². The van der Waals surface area contributed by atoms with Crippen LogP contribution in [0.1, 0.15) is 70.4 Å². The molecule has 0 radical (unpaired) electrons. The molecule has 170 valence electrons. The molecule has 2 heterocycles. The molecule has 1 N–H and O–H groups in total. The maximum absolute atomic E-state index is 13.0. The van der Waals surface area contributed by atoms with Crippen molar-refractivity contribution in [1.29, 1.82) is 0 Å². The van der Waals surface area contributed by atoms with Crippen molar-refractivity contribution in [2.75, 3.05) is 25.0 Å². The van der Waals surface area contributed by atoms with Crippen molar-refractivity contribution in [2.45, 2.75) is 77.2 Å². The van der Waals surface area contributed by atoms with Gasteiger partial charge in [0, 0.05) is 30.4 Å². The maximum atomic E-state index is 13.0. The van der Waals surface area contributed by atoms with E-state index >= 15 is 0 Å². The molecule has 1 aromatic heterocycles. The van der Waals surface area contributed by atoms with Crippen LogP contribution in [0, 0.1) is 11.8 Å². The summed E-state index contributed by atoms with van der Waals surface area (Å²) in [6.45, 7) is 3.96. The molecule has 4 rings (SSSR count). The molecule has 1 aliphatic heterocycles. The predicted molar refractivity (Wildman–Crippen MR) is 121 cm³/mol. The minimum atomic E-state index is -0.201. The van der Waals surface area contributed by atoms with E-state index in [1.807, 2.05) is 10.3 Å². The number of nitrogens with zero attached hydrogens (tertiary/aromatic N) is 3. The van der Waals surface area contributed by atoms with E-state index in [4.69, 9.17) is 0 Å². The molecule has 8 heteroatoms. The van der Waals surface area contributed by atoms with Crippen molar-refractivity contribution in [2.24, 2.45) is 11.8 Å². The fourth-order valence-corrected chi connectivity index (χ4v) is 5.37. The molecule has 2 saturated carbocycles. The average Bonchev–Trinajstić information content (AvgIpc) is 3.53. The normalized spacial score (nSPS) is 20.5. The Labute approximate surface area is 188 Å². The van der Waals surface area contributed by atoms with Crippen LogP contribution in [-0.2, 0) is 20.8 Å². The second-order valence-electron chi connectivity index (χ2n) is 9.46. The summed E-state index contributed by atoms with van der Waals surface area (Å²) in [5.74, 6) is 0.822. The number of aromatic nitrogens is 1. The standard InChI is InChI=1S/C23H34N4O3S/c1-16-9-11-26(12-10-16)21(29)13-18-15-31-23(24-18)25-20(28)14-27(19-7-8-19)22(30)17-5-3-2-4-6-17/h15-17,19H,2-14H2,1H3,(H,24,25,28). The Bertz CT molecular complexity index is 792. The maximum Gasteiger partial charge on any atom is 0.245 e. The summed E-state index contributed by atoms with van der Waals surface area (Å²) in [5.41, 5.74) is 0.696. The first-order chi connectivity index (χ1) is 15.0. The van der Waals surface area contributed by atoms with Gasteiger partial charge in [0.05, 0.1) is 12.1 Å². The van der Waals surface area contributed by atoms with Crippen LogP contribution in [0.25, 0.3) is 0 Å². The number of amides is 3. The molecular formula is C23H34N4O3S. The highest BCUT2D eigenvalue weighted by Gasteiger charge is 2.37. The van der Waals surface area contributed by atoms with Crippen LogP contribution < -0.4 is 5.32 Å². The van der Waals surface area contributed by atoms with Gasteiger partial charge in [-0.05, 0) is 44.4 Å². The topological polar surface area (TPSA) is 82.6 Å². The van der Waals surface area contributed by atoms with E-state index in [1.54, 1.807) is 4.90 Å². The molecule has 2 aliphatic carbocycles. The predicted octanol–water partition coefficient (Wildman–Crippen LogP) is 3.45. The Morgan fingerprint density at radius 3 is 2.48 bits per heavy atom. The van der Waals surface area contributed by atoms with Crippen molar-refractivity contribution in [3.63, 3.8) is 0 Å². The molecule has 3 fully saturated rings. The largest absolute Gasteiger partial charge is 0.342 e. The van der Waals surface area contributed by atoms with Gasteiger partial charge in [0.1, 0.15) is 6.54 Å². The zero-order valence-corrected chi connectivity index (χ0v) is 19.3. The lowest BCUT2D eigenvalue weighted by Crippen LogP contribution is -2.43. The van der Waals surface area contributed by atoms with Crippen molar-refractivity contribution in [3.8, 4) is 0 Å². The Hall–Kier alpha value is -1.96. The molecule has 0 bridgehead atoms. The van der Waals surface area contributed by atoms with Crippen LogP contribution in [0.2, 0.25) is 0 Å². The number of carbonyl (C=O) groups is 3. The van der Waals surface area contributed by atoms with Crippen LogP contribution in [0.3, 0.4) is 0 Å². The lowest BCUT2D eigenvalue weighted by atomic mass is 9.88. The monoisotopic (exact) mass is 446 g/mol. The van der Waals surface area contributed by atoms with Crippen LogP contribution in [0.15, 0.2) is 5.38 Å². The highest BCUT2D eigenvalue weighted by atomic mass is 32.1. The minimum Gasteiger partial charge on any atom is -0.342 e. The first-order valence-corrected chi connectivity index (χ1v) is 12.7. The third-order valence-electron chi connectivity index (χ3n) is 6.81. The summed E-state index contributed by atoms with van der Waals surface area (Å²) in [5, 5.41) is 5.18. The molecular weight excluding hydrogens is 412 g/mol. The number of rotatable bonds is 7. The van der Waals surface area contributed by atoms with E-state index in [2.05, 4.69) is 17.2 Å². The lowest BCUT2D eigenvalue weighted by Gasteiger charge is -2.30. The summed E-state index contributed by atoms with van der Waals surface area (Å²) in [4.78, 5) is 46.3. The minimum absolute atomic E-state index is 0.0809. The molecule has 3 aliphatic rings. The molecule has 0 aromatic carbocycles. The van der Waals surface area contributed by atoms with Gasteiger partial charge in [0.2, 0.25) is 17.7 Å². The summed E-state index contributed by atoms with van der Waals surface area (Å²) in [6.07, 6.45) is 9.69. The van der Waals surface area contributed by atoms with Crippen molar-refractivity contribution in [1.82, 2.24) is 14.8 Å². The average molecular weight is 447 g/mol.